The number of anilines is 1. The molecule has 0 saturated carbocycles. The van der Waals surface area contributed by atoms with Crippen LogP contribution in [0.15, 0.2) is 28.9 Å². The van der Waals surface area contributed by atoms with Gasteiger partial charge >= 0.3 is 0 Å². The number of nitrogens with zero attached hydrogens (tertiary/aromatic N) is 1. The summed E-state index contributed by atoms with van der Waals surface area (Å²) < 4.78 is 16.9. The number of halogens is 2. The number of fused-ring (bicyclic) bond motifs is 1. The summed E-state index contributed by atoms with van der Waals surface area (Å²) in [4.78, 5) is 4.07. The van der Waals surface area contributed by atoms with E-state index >= 15 is 0 Å². The van der Waals surface area contributed by atoms with Crippen LogP contribution < -0.4 is 19.5 Å². The van der Waals surface area contributed by atoms with Gasteiger partial charge in [0.2, 0.25) is 12.5 Å². The fourth-order valence-corrected chi connectivity index (χ4v) is 2.53. The van der Waals surface area contributed by atoms with Crippen molar-refractivity contribution >= 4 is 33.2 Å². The second-order valence-corrected chi connectivity index (χ2v) is 5.65. The fourth-order valence-electron chi connectivity index (χ4n) is 2.03. The van der Waals surface area contributed by atoms with Gasteiger partial charge in [-0.15, -0.1) is 0 Å². The molecule has 1 N–H and O–H groups in total. The molecular formula is C14H12BrClN2O3. The Morgan fingerprint density at radius 3 is 3.05 bits per heavy atom. The van der Waals surface area contributed by atoms with Gasteiger partial charge in [0.15, 0.2) is 16.7 Å². The third-order valence-electron chi connectivity index (χ3n) is 3.01. The lowest BCUT2D eigenvalue weighted by molar-refractivity contribution is 0.171. The van der Waals surface area contributed by atoms with E-state index < -0.39 is 0 Å². The Kier molecular flexibility index (Phi) is 4.07. The Morgan fingerprint density at radius 2 is 2.24 bits per heavy atom. The van der Waals surface area contributed by atoms with Crippen molar-refractivity contribution in [1.29, 1.82) is 0 Å². The van der Waals surface area contributed by atoms with Crippen molar-refractivity contribution in [2.24, 2.45) is 0 Å². The van der Waals surface area contributed by atoms with Gasteiger partial charge in [-0.05, 0) is 39.7 Å². The maximum atomic E-state index is 6.05. The lowest BCUT2D eigenvalue weighted by Crippen LogP contribution is -2.01. The molecular weight excluding hydrogens is 360 g/mol. The predicted molar refractivity (Wildman–Crippen MR) is 83.4 cm³/mol. The number of ether oxygens (including phenoxy) is 3. The highest BCUT2D eigenvalue weighted by Gasteiger charge is 2.20. The Labute approximate surface area is 135 Å². The van der Waals surface area contributed by atoms with Crippen LogP contribution in [-0.2, 0) is 6.54 Å². The van der Waals surface area contributed by atoms with E-state index in [0.29, 0.717) is 28.9 Å². The van der Waals surface area contributed by atoms with Crippen LogP contribution in [0.25, 0.3) is 0 Å². The van der Waals surface area contributed by atoms with Gasteiger partial charge in [0.05, 0.1) is 12.8 Å². The molecule has 1 aromatic carbocycles. The first kappa shape index (κ1) is 14.3. The molecule has 0 bridgehead atoms. The lowest BCUT2D eigenvalue weighted by atomic mass is 10.2. The van der Waals surface area contributed by atoms with Crippen LogP contribution in [0.1, 0.15) is 5.56 Å². The number of methoxy groups -OCH3 is 1. The molecule has 3 rings (SSSR count). The molecule has 5 nitrogen and oxygen atoms in total. The van der Waals surface area contributed by atoms with E-state index in [2.05, 4.69) is 26.2 Å². The normalized spacial score (nSPS) is 12.3. The van der Waals surface area contributed by atoms with Crippen molar-refractivity contribution in [3.05, 3.63) is 39.6 Å². The molecule has 0 fully saturated rings. The van der Waals surface area contributed by atoms with Crippen LogP contribution in [0, 0.1) is 0 Å². The Balaban J connectivity index is 1.81. The van der Waals surface area contributed by atoms with E-state index in [1.165, 1.54) is 0 Å². The summed E-state index contributed by atoms with van der Waals surface area (Å²) in [5.74, 6) is 1.98. The number of hydrogen-bond acceptors (Lipinski definition) is 5. The van der Waals surface area contributed by atoms with Gasteiger partial charge in [-0.1, -0.05) is 11.6 Å². The van der Waals surface area contributed by atoms with Crippen LogP contribution in [0.2, 0.25) is 5.15 Å². The zero-order valence-corrected chi connectivity index (χ0v) is 13.5. The highest BCUT2D eigenvalue weighted by molar-refractivity contribution is 9.10. The molecule has 7 heteroatoms. The summed E-state index contributed by atoms with van der Waals surface area (Å²) in [6.07, 6.45) is 1.65. The Hall–Kier alpha value is -1.66. The summed E-state index contributed by atoms with van der Waals surface area (Å²) in [5, 5.41) is 3.66. The number of aromatic nitrogens is 1. The van der Waals surface area contributed by atoms with Crippen molar-refractivity contribution in [3.8, 4) is 17.2 Å². The third-order valence-corrected chi connectivity index (χ3v) is 3.74. The molecule has 110 valence electrons. The first-order chi connectivity index (χ1) is 10.2. The second-order valence-electron chi connectivity index (χ2n) is 4.38. The van der Waals surface area contributed by atoms with Crippen LogP contribution in [0.5, 0.6) is 17.2 Å². The fraction of sp³-hybridized carbons (Fsp3) is 0.214. The molecule has 0 aliphatic carbocycles. The average Bonchev–Trinajstić information content (AvgIpc) is 2.95. The summed E-state index contributed by atoms with van der Waals surface area (Å²) >= 11 is 9.42. The molecule has 1 aliphatic heterocycles. The molecule has 0 atom stereocenters. The second kappa shape index (κ2) is 5.99. The molecule has 0 spiro atoms. The first-order valence-electron chi connectivity index (χ1n) is 6.19. The summed E-state index contributed by atoms with van der Waals surface area (Å²) in [5.41, 5.74) is 1.75. The topological polar surface area (TPSA) is 52.6 Å². The van der Waals surface area contributed by atoms with Gasteiger partial charge in [0, 0.05) is 17.2 Å². The first-order valence-corrected chi connectivity index (χ1v) is 7.36. The van der Waals surface area contributed by atoms with Gasteiger partial charge in [0.1, 0.15) is 0 Å². The predicted octanol–water partition coefficient (Wildman–Crippen LogP) is 3.85. The van der Waals surface area contributed by atoms with Crippen molar-refractivity contribution in [3.63, 3.8) is 0 Å². The van der Waals surface area contributed by atoms with Crippen LogP contribution in [0.4, 0.5) is 5.69 Å². The van der Waals surface area contributed by atoms with E-state index in [0.717, 1.165) is 15.7 Å². The molecule has 21 heavy (non-hydrogen) atoms. The largest absolute Gasteiger partial charge is 0.493 e. The smallest absolute Gasteiger partial charge is 0.231 e. The Morgan fingerprint density at radius 1 is 1.38 bits per heavy atom. The van der Waals surface area contributed by atoms with E-state index in [9.17, 15) is 0 Å². The van der Waals surface area contributed by atoms with Crippen molar-refractivity contribution in [2.45, 2.75) is 6.54 Å². The maximum Gasteiger partial charge on any atom is 0.231 e. The van der Waals surface area contributed by atoms with Crippen LogP contribution >= 0.6 is 27.5 Å². The minimum Gasteiger partial charge on any atom is -0.493 e. The number of pyridine rings is 1. The standard InChI is InChI=1S/C14H12BrClN2O3/c1-19-11-2-8(3-12-13(11)21-7-20-12)5-17-10-4-9(15)6-18-14(10)16/h2-4,6,17H,5,7H2,1H3. The molecule has 1 aromatic heterocycles. The van der Waals surface area contributed by atoms with Crippen LogP contribution in [-0.4, -0.2) is 18.9 Å². The quantitative estimate of drug-likeness (QED) is 0.828. The monoisotopic (exact) mass is 370 g/mol. The number of rotatable bonds is 4. The number of nitrogens with one attached hydrogen (secondary N) is 1. The van der Waals surface area contributed by atoms with Gasteiger partial charge in [-0.2, -0.15) is 0 Å². The van der Waals surface area contributed by atoms with E-state index in [4.69, 9.17) is 25.8 Å². The minimum absolute atomic E-state index is 0.212. The van der Waals surface area contributed by atoms with Gasteiger partial charge in [-0.25, -0.2) is 4.98 Å². The van der Waals surface area contributed by atoms with E-state index in [1.807, 2.05) is 18.2 Å². The summed E-state index contributed by atoms with van der Waals surface area (Å²) in [6, 6.07) is 5.69. The van der Waals surface area contributed by atoms with Crippen LogP contribution in [0.3, 0.4) is 0 Å². The Bertz CT molecular complexity index is 682. The number of hydrogen-bond donors (Lipinski definition) is 1. The zero-order chi connectivity index (χ0) is 14.8. The minimum atomic E-state index is 0.212. The lowest BCUT2D eigenvalue weighted by Gasteiger charge is -2.11. The highest BCUT2D eigenvalue weighted by atomic mass is 79.9. The molecule has 0 radical (unpaired) electrons. The van der Waals surface area contributed by atoms with E-state index in [1.54, 1.807) is 13.3 Å². The van der Waals surface area contributed by atoms with Crippen molar-refractivity contribution in [1.82, 2.24) is 4.98 Å². The third kappa shape index (κ3) is 3.01. The maximum absolute atomic E-state index is 6.05. The molecule has 1 aliphatic rings. The van der Waals surface area contributed by atoms with Gasteiger partial charge in [-0.3, -0.25) is 0 Å². The number of benzene rings is 1. The van der Waals surface area contributed by atoms with Crippen molar-refractivity contribution < 1.29 is 14.2 Å². The van der Waals surface area contributed by atoms with E-state index in [-0.39, 0.29) is 6.79 Å². The highest BCUT2D eigenvalue weighted by Crippen LogP contribution is 2.42. The SMILES string of the molecule is COc1cc(CNc2cc(Br)cnc2Cl)cc2c1OCO2. The molecule has 2 aromatic rings. The van der Waals surface area contributed by atoms with Crippen molar-refractivity contribution in [2.75, 3.05) is 19.2 Å². The molecule has 0 amide bonds. The molecule has 2 heterocycles. The molecule has 0 unspecified atom stereocenters. The van der Waals surface area contributed by atoms with Gasteiger partial charge < -0.3 is 19.5 Å². The molecule has 0 saturated heterocycles. The average molecular weight is 372 g/mol. The zero-order valence-electron chi connectivity index (χ0n) is 11.2. The van der Waals surface area contributed by atoms with Gasteiger partial charge in [0.25, 0.3) is 0 Å². The summed E-state index contributed by atoms with van der Waals surface area (Å²) in [6.45, 7) is 0.773. The summed E-state index contributed by atoms with van der Waals surface area (Å²) in [7, 11) is 1.60.